The summed E-state index contributed by atoms with van der Waals surface area (Å²) in [5.41, 5.74) is -0.711. The van der Waals surface area contributed by atoms with Crippen LogP contribution >= 0.6 is 0 Å². The summed E-state index contributed by atoms with van der Waals surface area (Å²) < 4.78 is 5.07. The van der Waals surface area contributed by atoms with E-state index in [4.69, 9.17) is 9.84 Å². The molecular formula is C12H23NO5. The summed E-state index contributed by atoms with van der Waals surface area (Å²) >= 11 is 0. The molecule has 0 heterocycles. The van der Waals surface area contributed by atoms with Crippen LogP contribution in [-0.4, -0.2) is 52.0 Å². The van der Waals surface area contributed by atoms with Crippen molar-refractivity contribution in [3.05, 3.63) is 0 Å². The summed E-state index contributed by atoms with van der Waals surface area (Å²) in [6, 6.07) is -1.32. The number of nitrogens with zero attached hydrogens (tertiary/aromatic N) is 1. The Bertz CT molecular complexity index is 308. The number of ether oxygens (including phenoxy) is 1. The van der Waals surface area contributed by atoms with E-state index in [0.717, 1.165) is 4.90 Å². The minimum absolute atomic E-state index is 0.281. The fourth-order valence-corrected chi connectivity index (χ4v) is 1.35. The van der Waals surface area contributed by atoms with E-state index in [1.807, 2.05) is 0 Å². The summed E-state index contributed by atoms with van der Waals surface area (Å²) in [6.07, 6.45) is -1.92. The number of aliphatic hydroxyl groups excluding tert-OH is 1. The lowest BCUT2D eigenvalue weighted by Crippen LogP contribution is -2.52. The highest BCUT2D eigenvalue weighted by Gasteiger charge is 2.36. The third kappa shape index (κ3) is 4.91. The predicted molar refractivity (Wildman–Crippen MR) is 66.3 cm³/mol. The van der Waals surface area contributed by atoms with Gasteiger partial charge in [-0.05, 0) is 26.7 Å². The van der Waals surface area contributed by atoms with Gasteiger partial charge in [-0.25, -0.2) is 9.59 Å². The number of amides is 1. The maximum absolute atomic E-state index is 11.8. The lowest BCUT2D eigenvalue weighted by atomic mass is 9.99. The number of hydrogen-bond donors (Lipinski definition) is 2. The SMILES string of the molecule is CC(C)[C@H](O)[C@@H](C(=O)O)N(C)C(=O)OC(C)(C)C. The molecule has 0 unspecified atom stereocenters. The zero-order valence-corrected chi connectivity index (χ0v) is 11.8. The van der Waals surface area contributed by atoms with Crippen LogP contribution in [0.15, 0.2) is 0 Å². The largest absolute Gasteiger partial charge is 0.480 e. The minimum atomic E-state index is -1.32. The van der Waals surface area contributed by atoms with Crippen molar-refractivity contribution in [2.75, 3.05) is 7.05 Å². The monoisotopic (exact) mass is 261 g/mol. The smallest absolute Gasteiger partial charge is 0.410 e. The maximum atomic E-state index is 11.8. The van der Waals surface area contributed by atoms with Crippen LogP contribution in [0.5, 0.6) is 0 Å². The Morgan fingerprint density at radius 1 is 1.22 bits per heavy atom. The molecule has 18 heavy (non-hydrogen) atoms. The van der Waals surface area contributed by atoms with E-state index in [-0.39, 0.29) is 5.92 Å². The molecule has 106 valence electrons. The van der Waals surface area contributed by atoms with Gasteiger partial charge in [0.15, 0.2) is 6.04 Å². The van der Waals surface area contributed by atoms with Crippen LogP contribution in [0.3, 0.4) is 0 Å². The number of carbonyl (C=O) groups is 2. The Labute approximate surface area is 108 Å². The molecular weight excluding hydrogens is 238 g/mol. The van der Waals surface area contributed by atoms with Crippen LogP contribution in [0, 0.1) is 5.92 Å². The number of aliphatic hydroxyl groups is 1. The second-order valence-electron chi connectivity index (χ2n) is 5.61. The van der Waals surface area contributed by atoms with Crippen LogP contribution in [-0.2, 0) is 9.53 Å². The fraction of sp³-hybridized carbons (Fsp3) is 0.833. The van der Waals surface area contributed by atoms with Gasteiger partial charge in [-0.15, -0.1) is 0 Å². The first-order valence-electron chi connectivity index (χ1n) is 5.84. The third-order valence-electron chi connectivity index (χ3n) is 2.36. The van der Waals surface area contributed by atoms with Crippen molar-refractivity contribution in [2.45, 2.75) is 52.4 Å². The maximum Gasteiger partial charge on any atom is 0.410 e. The highest BCUT2D eigenvalue weighted by molar-refractivity contribution is 5.80. The van der Waals surface area contributed by atoms with Crippen LogP contribution in [0.4, 0.5) is 4.79 Å². The lowest BCUT2D eigenvalue weighted by Gasteiger charge is -2.32. The number of hydrogen-bond acceptors (Lipinski definition) is 4. The molecule has 0 spiro atoms. The van der Waals surface area contributed by atoms with Crippen molar-refractivity contribution in [3.8, 4) is 0 Å². The van der Waals surface area contributed by atoms with E-state index in [1.165, 1.54) is 7.05 Å². The molecule has 0 fully saturated rings. The van der Waals surface area contributed by atoms with Gasteiger partial charge in [0.05, 0.1) is 6.10 Å². The minimum Gasteiger partial charge on any atom is -0.480 e. The molecule has 0 radical (unpaired) electrons. The number of carboxylic acid groups (broad SMARTS) is 1. The average Bonchev–Trinajstić information content (AvgIpc) is 2.13. The highest BCUT2D eigenvalue weighted by atomic mass is 16.6. The highest BCUT2D eigenvalue weighted by Crippen LogP contribution is 2.16. The van der Waals surface area contributed by atoms with Crippen molar-refractivity contribution in [2.24, 2.45) is 5.92 Å². The number of aliphatic carboxylic acids is 1. The molecule has 0 aromatic rings. The van der Waals surface area contributed by atoms with E-state index in [2.05, 4.69) is 0 Å². The molecule has 0 aliphatic rings. The molecule has 6 heteroatoms. The van der Waals surface area contributed by atoms with E-state index < -0.39 is 29.8 Å². The molecule has 2 N–H and O–H groups in total. The molecule has 0 saturated heterocycles. The molecule has 0 aliphatic heterocycles. The van der Waals surface area contributed by atoms with Crippen molar-refractivity contribution < 1.29 is 24.5 Å². The first kappa shape index (κ1) is 16.7. The van der Waals surface area contributed by atoms with Gasteiger partial charge >= 0.3 is 12.1 Å². The third-order valence-corrected chi connectivity index (χ3v) is 2.36. The Balaban J connectivity index is 4.93. The van der Waals surface area contributed by atoms with Gasteiger partial charge in [0.1, 0.15) is 5.60 Å². The Kier molecular flexibility index (Phi) is 5.60. The topological polar surface area (TPSA) is 87.1 Å². The van der Waals surface area contributed by atoms with E-state index in [9.17, 15) is 14.7 Å². The molecule has 0 rings (SSSR count). The normalized spacial score (nSPS) is 15.1. The number of carboxylic acids is 1. The molecule has 0 aromatic carbocycles. The van der Waals surface area contributed by atoms with E-state index in [0.29, 0.717) is 0 Å². The number of carbonyl (C=O) groups excluding carboxylic acids is 1. The summed E-state index contributed by atoms with van der Waals surface area (Å²) in [5.74, 6) is -1.54. The van der Waals surface area contributed by atoms with Crippen molar-refractivity contribution >= 4 is 12.1 Å². The van der Waals surface area contributed by atoms with E-state index in [1.54, 1.807) is 34.6 Å². The molecule has 0 aromatic heterocycles. The van der Waals surface area contributed by atoms with Gasteiger partial charge in [0.2, 0.25) is 0 Å². The molecule has 0 aliphatic carbocycles. The van der Waals surface area contributed by atoms with Crippen molar-refractivity contribution in [3.63, 3.8) is 0 Å². The van der Waals surface area contributed by atoms with Crippen molar-refractivity contribution in [1.29, 1.82) is 0 Å². The Morgan fingerprint density at radius 3 is 1.94 bits per heavy atom. The Hall–Kier alpha value is -1.30. The number of rotatable bonds is 4. The van der Waals surface area contributed by atoms with E-state index >= 15 is 0 Å². The fourth-order valence-electron chi connectivity index (χ4n) is 1.35. The van der Waals surface area contributed by atoms with Crippen LogP contribution in [0.25, 0.3) is 0 Å². The summed E-state index contributed by atoms with van der Waals surface area (Å²) in [4.78, 5) is 23.8. The first-order valence-corrected chi connectivity index (χ1v) is 5.84. The first-order chi connectivity index (χ1) is 7.97. The van der Waals surface area contributed by atoms with Crippen LogP contribution in [0.2, 0.25) is 0 Å². The van der Waals surface area contributed by atoms with Crippen LogP contribution in [0.1, 0.15) is 34.6 Å². The summed E-state index contributed by atoms with van der Waals surface area (Å²) in [6.45, 7) is 8.43. The second kappa shape index (κ2) is 6.04. The van der Waals surface area contributed by atoms with Gasteiger partial charge in [-0.2, -0.15) is 0 Å². The zero-order chi connectivity index (χ0) is 14.7. The van der Waals surface area contributed by atoms with Gasteiger partial charge in [0, 0.05) is 7.05 Å². The Morgan fingerprint density at radius 2 is 1.67 bits per heavy atom. The molecule has 1 amide bonds. The van der Waals surface area contributed by atoms with Gasteiger partial charge < -0.3 is 14.9 Å². The molecule has 6 nitrogen and oxygen atoms in total. The zero-order valence-electron chi connectivity index (χ0n) is 11.8. The number of likely N-dealkylation sites (N-methyl/N-ethyl adjacent to an activating group) is 1. The van der Waals surface area contributed by atoms with Gasteiger partial charge in [-0.1, -0.05) is 13.8 Å². The lowest BCUT2D eigenvalue weighted by molar-refractivity contribution is -0.148. The predicted octanol–water partition coefficient (Wildman–Crippen LogP) is 1.32. The molecule has 2 atom stereocenters. The van der Waals surface area contributed by atoms with Crippen molar-refractivity contribution in [1.82, 2.24) is 4.90 Å². The van der Waals surface area contributed by atoms with Crippen LogP contribution < -0.4 is 0 Å². The molecule has 0 saturated carbocycles. The summed E-state index contributed by atoms with van der Waals surface area (Å²) in [5, 5.41) is 18.9. The molecule has 0 bridgehead atoms. The van der Waals surface area contributed by atoms with Gasteiger partial charge in [-0.3, -0.25) is 4.90 Å². The second-order valence-corrected chi connectivity index (χ2v) is 5.61. The summed E-state index contributed by atoms with van der Waals surface area (Å²) in [7, 11) is 1.30. The standard InChI is InChI=1S/C12H23NO5/c1-7(2)9(14)8(10(15)16)13(6)11(17)18-12(3,4)5/h7-9,14H,1-6H3,(H,15,16)/t8-,9-/m0/s1. The van der Waals surface area contributed by atoms with Gasteiger partial charge in [0.25, 0.3) is 0 Å². The quantitative estimate of drug-likeness (QED) is 0.797. The average molecular weight is 261 g/mol.